The number of nitrogens with zero attached hydrogens (tertiary/aromatic N) is 2. The van der Waals surface area contributed by atoms with Gasteiger partial charge in [0.2, 0.25) is 0 Å². The number of para-hydroxylation sites is 1. The number of anilines is 1. The van der Waals surface area contributed by atoms with Crippen molar-refractivity contribution in [2.45, 2.75) is 24.2 Å². The van der Waals surface area contributed by atoms with Gasteiger partial charge in [-0.05, 0) is 68.1 Å². The van der Waals surface area contributed by atoms with Crippen LogP contribution in [0.15, 0.2) is 53.4 Å². The Balaban J connectivity index is 1.37. The lowest BCUT2D eigenvalue weighted by Crippen LogP contribution is -2.41. The topological polar surface area (TPSA) is 79.0 Å². The highest BCUT2D eigenvalue weighted by Crippen LogP contribution is 2.26. The highest BCUT2D eigenvalue weighted by molar-refractivity contribution is 7.92. The summed E-state index contributed by atoms with van der Waals surface area (Å²) in [5, 5.41) is 0. The molecule has 0 atom stereocenters. The zero-order valence-corrected chi connectivity index (χ0v) is 19.4. The van der Waals surface area contributed by atoms with Crippen LogP contribution in [0.1, 0.15) is 29.6 Å². The molecule has 2 heterocycles. The van der Waals surface area contributed by atoms with Gasteiger partial charge < -0.3 is 9.64 Å². The zero-order valence-electron chi connectivity index (χ0n) is 18.6. The van der Waals surface area contributed by atoms with Crippen molar-refractivity contribution in [2.24, 2.45) is 5.92 Å². The van der Waals surface area contributed by atoms with E-state index in [0.29, 0.717) is 24.6 Å². The summed E-state index contributed by atoms with van der Waals surface area (Å²) >= 11 is 0. The molecule has 1 amide bonds. The normalized spacial score (nSPS) is 18.3. The average Bonchev–Trinajstić information content (AvgIpc) is 2.84. The highest BCUT2D eigenvalue weighted by Gasteiger charge is 2.26. The second-order valence-corrected chi connectivity index (χ2v) is 10.3. The van der Waals surface area contributed by atoms with Crippen molar-refractivity contribution in [1.82, 2.24) is 9.80 Å². The van der Waals surface area contributed by atoms with E-state index in [1.807, 2.05) is 0 Å². The van der Waals surface area contributed by atoms with E-state index in [1.54, 1.807) is 29.2 Å². The molecule has 7 nitrogen and oxygen atoms in total. The predicted molar refractivity (Wildman–Crippen MR) is 124 cm³/mol. The Bertz CT molecular complexity index is 1050. The summed E-state index contributed by atoms with van der Waals surface area (Å²) in [6.45, 7) is 5.96. The van der Waals surface area contributed by atoms with Gasteiger partial charge in [-0.15, -0.1) is 0 Å². The number of morpholine rings is 1. The molecular formula is C24H30FN3O4S. The van der Waals surface area contributed by atoms with E-state index in [2.05, 4.69) is 9.62 Å². The summed E-state index contributed by atoms with van der Waals surface area (Å²) in [5.74, 6) is -0.110. The van der Waals surface area contributed by atoms with E-state index in [-0.39, 0.29) is 16.5 Å². The number of hydrogen-bond donors (Lipinski definition) is 1. The number of halogens is 1. The number of ether oxygens (including phenoxy) is 1. The lowest BCUT2D eigenvalue weighted by Gasteiger charge is -2.34. The molecule has 0 bridgehead atoms. The number of benzene rings is 2. The van der Waals surface area contributed by atoms with Crippen LogP contribution in [-0.2, 0) is 14.8 Å². The summed E-state index contributed by atoms with van der Waals surface area (Å²) in [7, 11) is -3.94. The Labute approximate surface area is 194 Å². The number of piperidine rings is 1. The van der Waals surface area contributed by atoms with Gasteiger partial charge in [0.05, 0.1) is 29.4 Å². The molecule has 2 fully saturated rings. The lowest BCUT2D eigenvalue weighted by molar-refractivity contribution is 0.0332. The monoisotopic (exact) mass is 475 g/mol. The summed E-state index contributed by atoms with van der Waals surface area (Å²) < 4.78 is 46.5. The minimum absolute atomic E-state index is 0.0627. The summed E-state index contributed by atoms with van der Waals surface area (Å²) in [6, 6.07) is 11.2. The van der Waals surface area contributed by atoms with E-state index in [1.165, 1.54) is 12.1 Å². The third kappa shape index (κ3) is 6.10. The molecule has 2 saturated heterocycles. The van der Waals surface area contributed by atoms with Crippen molar-refractivity contribution >= 4 is 21.6 Å². The first-order chi connectivity index (χ1) is 15.9. The Morgan fingerprint density at radius 1 is 1.00 bits per heavy atom. The number of carbonyl (C=O) groups excluding carboxylic acids is 1. The van der Waals surface area contributed by atoms with E-state index < -0.39 is 15.8 Å². The summed E-state index contributed by atoms with van der Waals surface area (Å²) in [4.78, 5) is 17.4. The van der Waals surface area contributed by atoms with Gasteiger partial charge in [-0.2, -0.15) is 0 Å². The van der Waals surface area contributed by atoms with Gasteiger partial charge in [-0.1, -0.05) is 12.1 Å². The first-order valence-corrected chi connectivity index (χ1v) is 12.9. The van der Waals surface area contributed by atoms with Crippen LogP contribution < -0.4 is 4.72 Å². The van der Waals surface area contributed by atoms with Gasteiger partial charge in [-0.25, -0.2) is 12.8 Å². The van der Waals surface area contributed by atoms with Gasteiger partial charge in [-0.3, -0.25) is 14.4 Å². The van der Waals surface area contributed by atoms with Crippen LogP contribution in [-0.4, -0.2) is 70.1 Å². The Morgan fingerprint density at radius 2 is 1.67 bits per heavy atom. The van der Waals surface area contributed by atoms with Crippen LogP contribution >= 0.6 is 0 Å². The maximum absolute atomic E-state index is 13.2. The molecule has 0 saturated carbocycles. The van der Waals surface area contributed by atoms with Crippen LogP contribution in [0.25, 0.3) is 0 Å². The molecule has 2 aliphatic heterocycles. The van der Waals surface area contributed by atoms with Crippen molar-refractivity contribution in [3.63, 3.8) is 0 Å². The predicted octanol–water partition coefficient (Wildman–Crippen LogP) is 3.20. The molecular weight excluding hydrogens is 445 g/mol. The summed E-state index contributed by atoms with van der Waals surface area (Å²) in [5.41, 5.74) is 0.538. The van der Waals surface area contributed by atoms with Crippen molar-refractivity contribution < 1.29 is 22.3 Å². The average molecular weight is 476 g/mol. The standard InChI is InChI=1S/C24H30FN3O4S/c25-20-5-7-21(8-6-20)33(30,31)26-23-4-2-1-3-22(23)24(29)28-13-10-19(11-14-28)9-12-27-15-17-32-18-16-27/h1-8,19,26H,9-18H2. The third-order valence-electron chi connectivity index (χ3n) is 6.38. The molecule has 0 unspecified atom stereocenters. The molecule has 178 valence electrons. The van der Waals surface area contributed by atoms with Gasteiger partial charge in [0.25, 0.3) is 15.9 Å². The minimum Gasteiger partial charge on any atom is -0.379 e. The number of rotatable bonds is 7. The molecule has 0 aliphatic carbocycles. The maximum Gasteiger partial charge on any atom is 0.261 e. The van der Waals surface area contributed by atoms with Crippen molar-refractivity contribution in [3.8, 4) is 0 Å². The fourth-order valence-electron chi connectivity index (χ4n) is 4.36. The number of amides is 1. The van der Waals surface area contributed by atoms with E-state index in [0.717, 1.165) is 64.2 Å². The first kappa shape index (κ1) is 23.7. The molecule has 2 aromatic carbocycles. The second kappa shape index (κ2) is 10.6. The molecule has 0 radical (unpaired) electrons. The second-order valence-electron chi connectivity index (χ2n) is 8.58. The number of likely N-dealkylation sites (tertiary alicyclic amines) is 1. The van der Waals surface area contributed by atoms with Crippen molar-refractivity contribution in [2.75, 3.05) is 50.7 Å². The highest BCUT2D eigenvalue weighted by atomic mass is 32.2. The van der Waals surface area contributed by atoms with Gasteiger partial charge in [0, 0.05) is 26.2 Å². The van der Waals surface area contributed by atoms with Crippen LogP contribution in [0, 0.1) is 11.7 Å². The van der Waals surface area contributed by atoms with Crippen LogP contribution in [0.2, 0.25) is 0 Å². The number of nitrogens with one attached hydrogen (secondary N) is 1. The molecule has 4 rings (SSSR count). The van der Waals surface area contributed by atoms with Crippen molar-refractivity contribution in [3.05, 3.63) is 59.9 Å². The number of carbonyl (C=O) groups is 1. The van der Waals surface area contributed by atoms with Crippen LogP contribution in [0.4, 0.5) is 10.1 Å². The molecule has 0 aromatic heterocycles. The number of hydrogen-bond acceptors (Lipinski definition) is 5. The molecule has 9 heteroatoms. The third-order valence-corrected chi connectivity index (χ3v) is 7.77. The largest absolute Gasteiger partial charge is 0.379 e. The fraction of sp³-hybridized carbons (Fsp3) is 0.458. The Morgan fingerprint density at radius 3 is 2.36 bits per heavy atom. The van der Waals surface area contributed by atoms with Gasteiger partial charge in [0.1, 0.15) is 5.82 Å². The smallest absolute Gasteiger partial charge is 0.261 e. The maximum atomic E-state index is 13.2. The number of sulfonamides is 1. The summed E-state index contributed by atoms with van der Waals surface area (Å²) in [6.07, 6.45) is 3.01. The molecule has 2 aliphatic rings. The van der Waals surface area contributed by atoms with Crippen LogP contribution in [0.5, 0.6) is 0 Å². The minimum atomic E-state index is -3.94. The van der Waals surface area contributed by atoms with Gasteiger partial charge in [0.15, 0.2) is 0 Å². The molecule has 2 aromatic rings. The quantitative estimate of drug-likeness (QED) is 0.665. The fourth-order valence-corrected chi connectivity index (χ4v) is 5.44. The van der Waals surface area contributed by atoms with Gasteiger partial charge >= 0.3 is 0 Å². The van der Waals surface area contributed by atoms with E-state index >= 15 is 0 Å². The SMILES string of the molecule is O=C(c1ccccc1NS(=O)(=O)c1ccc(F)cc1)N1CCC(CCN2CCOCC2)CC1. The Hall–Kier alpha value is -2.49. The van der Waals surface area contributed by atoms with Crippen molar-refractivity contribution in [1.29, 1.82) is 0 Å². The molecule has 1 N–H and O–H groups in total. The molecule has 33 heavy (non-hydrogen) atoms. The van der Waals surface area contributed by atoms with Crippen LogP contribution in [0.3, 0.4) is 0 Å². The zero-order chi connectivity index (χ0) is 23.3. The Kier molecular flexibility index (Phi) is 7.62. The molecule has 0 spiro atoms. The van der Waals surface area contributed by atoms with E-state index in [4.69, 9.17) is 4.74 Å². The van der Waals surface area contributed by atoms with E-state index in [9.17, 15) is 17.6 Å². The first-order valence-electron chi connectivity index (χ1n) is 11.4. The lowest BCUT2D eigenvalue weighted by atomic mass is 9.93.